The minimum atomic E-state index is -1.73. The maximum absolute atomic E-state index is 14.9. The number of benzene rings is 2. The summed E-state index contributed by atoms with van der Waals surface area (Å²) in [6.07, 6.45) is 5.41. The molecular weight excluding hydrogens is 1190 g/mol. The van der Waals surface area contributed by atoms with E-state index in [4.69, 9.17) is 26.7 Å². The molecule has 30 nitrogen and oxygen atoms in total. The monoisotopic (exact) mass is 1280 g/mol. The Morgan fingerprint density at radius 1 is 0.783 bits per heavy atom. The number of aliphatic hydroxyl groups excluding tert-OH is 1. The quantitative estimate of drug-likeness (QED) is 0.00611. The molecule has 2 saturated heterocycles. The van der Waals surface area contributed by atoms with Gasteiger partial charge in [0, 0.05) is 56.0 Å². The standard InChI is InChI=1S/C62H88N16O14/c1-8-78(60(90)50(51(81)46-30-66-33-70-46)76-53(83)42-16-11-23-67-42)25-13-18-49(78)59(89)77-54(84)43(17-12-24-68-61(64)65)71-55(85)44(26-34(2)3)72-58(88)48(32-91-62(5,6)7)75-56(86)45(27-36-19-21-38(22-20-36)92-35(4)80)73-57(87)47(31-79)74-52(82)40(63)28-37-29-69-41-15-10-9-14-39(37)41/h9-10,14-15,19-22,29-30,33-34,40,42-50,67,69,79H,8,11-13,16-18,23-28,31-32,63H2,1-7H3,(H10-,64,65,68,71,72,73,74,75,76,77,82,83,84,85,86,87,88,89)/p+1/t40-,42-,43-,44-,45-,46?,47-,48+,49-,50-,78?/m0/s1. The molecule has 0 aliphatic carbocycles. The second-order valence-corrected chi connectivity index (χ2v) is 24.5. The zero-order chi connectivity index (χ0) is 67.5. The Balaban J connectivity index is 1.22. The molecule has 0 spiro atoms. The van der Waals surface area contributed by atoms with Crippen LogP contribution in [0.3, 0.4) is 0 Å². The number of Topliss-reactive ketones (excluding diaryl/α,β-unsaturated/α-hetero) is 1. The summed E-state index contributed by atoms with van der Waals surface area (Å²) in [5.74, 6) is -9.49. The lowest BCUT2D eigenvalue weighted by molar-refractivity contribution is -0.856. The number of hydrogen-bond donors (Lipinski definition) is 13. The number of guanidine groups is 1. The number of hydrogen-bond acceptors (Lipinski definition) is 19. The van der Waals surface area contributed by atoms with Gasteiger partial charge in [0.25, 0.3) is 5.91 Å². The van der Waals surface area contributed by atoms with Gasteiger partial charge in [-0.15, -0.1) is 0 Å². The van der Waals surface area contributed by atoms with E-state index in [2.05, 4.69) is 62.5 Å². The molecule has 9 amide bonds. The van der Waals surface area contributed by atoms with Crippen molar-refractivity contribution in [1.82, 2.24) is 47.5 Å². The number of ketones is 1. The maximum Gasteiger partial charge on any atom is 0.344 e. The minimum Gasteiger partial charge on any atom is -0.427 e. The van der Waals surface area contributed by atoms with Gasteiger partial charge in [-0.3, -0.25) is 63.2 Å². The van der Waals surface area contributed by atoms with Gasteiger partial charge in [0.05, 0.1) is 44.0 Å². The van der Waals surface area contributed by atoms with Gasteiger partial charge in [-0.25, -0.2) is 14.3 Å². The first kappa shape index (κ1) is 72.2. The summed E-state index contributed by atoms with van der Waals surface area (Å²) >= 11 is 0. The van der Waals surface area contributed by atoms with Gasteiger partial charge in [0.15, 0.2) is 17.8 Å². The van der Waals surface area contributed by atoms with Crippen LogP contribution in [0.5, 0.6) is 5.75 Å². The maximum atomic E-state index is 14.9. The fourth-order valence-corrected chi connectivity index (χ4v) is 11.2. The first-order chi connectivity index (χ1) is 43.6. The van der Waals surface area contributed by atoms with Gasteiger partial charge >= 0.3 is 11.9 Å². The average Bonchev–Trinajstić information content (AvgIpc) is 1.78. The summed E-state index contributed by atoms with van der Waals surface area (Å²) in [5.41, 5.74) is 18.6. The van der Waals surface area contributed by atoms with E-state index >= 15 is 0 Å². The summed E-state index contributed by atoms with van der Waals surface area (Å²) < 4.78 is 10.6. The van der Waals surface area contributed by atoms with Crippen LogP contribution in [-0.4, -0.2) is 203 Å². The van der Waals surface area contributed by atoms with Gasteiger partial charge in [0.2, 0.25) is 47.4 Å². The lowest BCUT2D eigenvalue weighted by atomic mass is 10.0. The number of quaternary nitrogens is 1. The Hall–Kier alpha value is -8.84. The van der Waals surface area contributed by atoms with Crippen LogP contribution in [0, 0.1) is 5.92 Å². The molecule has 6 rings (SSSR count). The number of fused-ring (bicyclic) bond motifs is 1. The third kappa shape index (κ3) is 20.3. The van der Waals surface area contributed by atoms with Crippen molar-refractivity contribution < 1.29 is 71.8 Å². The molecular formula is C62H89N16O14+. The number of imide groups is 1. The Labute approximate surface area is 533 Å². The summed E-state index contributed by atoms with van der Waals surface area (Å²) in [7, 11) is 0. The number of H-pyrrole nitrogens is 1. The van der Waals surface area contributed by atoms with Crippen molar-refractivity contribution >= 4 is 94.3 Å². The van der Waals surface area contributed by atoms with Gasteiger partial charge in [-0.05, 0) is 108 Å². The molecule has 2 aromatic carbocycles. The number of rotatable bonds is 32. The fraction of sp³-hybridized carbons (Fsp3) is 0.548. The highest BCUT2D eigenvalue weighted by molar-refractivity contribution is 6.16. The van der Waals surface area contributed by atoms with Gasteiger partial charge in [-0.1, -0.05) is 44.2 Å². The highest BCUT2D eigenvalue weighted by Crippen LogP contribution is 2.30. The van der Waals surface area contributed by atoms with E-state index in [9.17, 15) is 57.8 Å². The second-order valence-electron chi connectivity index (χ2n) is 24.5. The number of aliphatic imine (C=N–C) groups is 3. The molecule has 0 radical (unpaired) electrons. The van der Waals surface area contributed by atoms with Crippen LogP contribution in [0.15, 0.2) is 69.7 Å². The van der Waals surface area contributed by atoms with Gasteiger partial charge < -0.3 is 74.0 Å². The molecule has 4 heterocycles. The van der Waals surface area contributed by atoms with E-state index in [1.807, 2.05) is 24.3 Å². The molecule has 0 bridgehead atoms. The Kier molecular flexibility index (Phi) is 26.3. The topological polar surface area (TPSA) is 454 Å². The second kappa shape index (κ2) is 33.5. The van der Waals surface area contributed by atoms with Crippen LogP contribution in [0.25, 0.3) is 10.9 Å². The SMILES string of the molecule is CC[N+]1(C(=O)[C@@H](NC(=O)[C@@H]2CCCN2)C(=O)C2C=NC=N2)CCC[C@H]1C(=O)NC(=O)[C@H](CCCN=C(N)N)NC(=O)[C@H](CC(C)C)NC(=O)[C@@H](COC(C)(C)C)NC(=O)[C@H](Cc1ccc(OC(C)=O)cc1)NC(=O)[C@H](CO)NC(=O)[C@@H](N)Cc1c[nH]c2ccccc12. The predicted molar refractivity (Wildman–Crippen MR) is 339 cm³/mol. The number of aromatic nitrogens is 1. The Morgan fingerprint density at radius 2 is 1.43 bits per heavy atom. The summed E-state index contributed by atoms with van der Waals surface area (Å²) in [6, 6.07) is -0.261. The summed E-state index contributed by atoms with van der Waals surface area (Å²) in [6.45, 7) is 10.7. The number of amides is 9. The van der Waals surface area contributed by atoms with Crippen molar-refractivity contribution in [3.63, 3.8) is 0 Å². The zero-order valence-electron chi connectivity index (χ0n) is 53.1. The highest BCUT2D eigenvalue weighted by Gasteiger charge is 2.56. The van der Waals surface area contributed by atoms with Crippen molar-refractivity contribution in [3.8, 4) is 5.75 Å². The van der Waals surface area contributed by atoms with Crippen LogP contribution in [0.4, 0.5) is 0 Å². The summed E-state index contributed by atoms with van der Waals surface area (Å²) in [4.78, 5) is 170. The van der Waals surface area contributed by atoms with Crippen molar-refractivity contribution in [2.45, 2.75) is 172 Å². The van der Waals surface area contributed by atoms with E-state index in [1.165, 1.54) is 37.4 Å². The highest BCUT2D eigenvalue weighted by atomic mass is 16.5. The van der Waals surface area contributed by atoms with E-state index in [0.717, 1.165) is 22.8 Å². The normalized spacial score (nSPS) is 19.9. The Morgan fingerprint density at radius 3 is 2.07 bits per heavy atom. The number of aromatic amines is 1. The molecule has 3 aliphatic rings. The number of aliphatic hydroxyl groups is 1. The first-order valence-electron chi connectivity index (χ1n) is 30.9. The number of nitrogens with zero attached hydrogens (tertiary/aromatic N) is 4. The number of nitrogens with two attached hydrogens (primary N) is 3. The number of esters is 1. The summed E-state index contributed by atoms with van der Waals surface area (Å²) in [5, 5.41) is 32.4. The molecule has 2 fully saturated rings. The van der Waals surface area contributed by atoms with Gasteiger partial charge in [0.1, 0.15) is 48.3 Å². The molecule has 16 N–H and O–H groups in total. The lowest BCUT2D eigenvalue weighted by Crippen LogP contribution is -2.69. The molecule has 0 saturated carbocycles. The first-order valence-corrected chi connectivity index (χ1v) is 30.9. The number of nitrogens with one attached hydrogen (secondary N) is 9. The number of ether oxygens (including phenoxy) is 2. The fourth-order valence-electron chi connectivity index (χ4n) is 11.2. The zero-order valence-corrected chi connectivity index (χ0v) is 53.1. The minimum absolute atomic E-state index is 0.00549. The van der Waals surface area contributed by atoms with E-state index < -0.39 is 149 Å². The molecule has 92 heavy (non-hydrogen) atoms. The van der Waals surface area contributed by atoms with Crippen LogP contribution in [0.2, 0.25) is 0 Å². The lowest BCUT2D eigenvalue weighted by Gasteiger charge is -2.38. The number of para-hydroxylation sites is 1. The predicted octanol–water partition coefficient (Wildman–Crippen LogP) is -2.01. The van der Waals surface area contributed by atoms with Crippen LogP contribution in [-0.2, 0) is 70.3 Å². The third-order valence-corrected chi connectivity index (χ3v) is 16.0. The molecule has 3 aliphatic heterocycles. The third-order valence-electron chi connectivity index (χ3n) is 16.0. The van der Waals surface area contributed by atoms with Crippen LogP contribution < -0.4 is 64.5 Å². The van der Waals surface area contributed by atoms with Crippen molar-refractivity contribution in [1.29, 1.82) is 0 Å². The van der Waals surface area contributed by atoms with Crippen molar-refractivity contribution in [2.24, 2.45) is 38.1 Å². The number of likely N-dealkylation sites (tertiary alicyclic amines) is 1. The largest absolute Gasteiger partial charge is 0.427 e. The molecule has 2 unspecified atom stereocenters. The number of likely N-dealkylation sites (N-methyl/N-ethyl adjacent to an activating group) is 1. The number of carbonyl (C=O) groups excluding carboxylic acids is 11. The van der Waals surface area contributed by atoms with Crippen LogP contribution in [0.1, 0.15) is 105 Å². The van der Waals surface area contributed by atoms with Crippen molar-refractivity contribution in [2.75, 3.05) is 39.4 Å². The van der Waals surface area contributed by atoms with E-state index in [-0.39, 0.29) is 75.8 Å². The smallest absolute Gasteiger partial charge is 0.344 e. The number of carbonyl (C=O) groups is 11. The average molecular weight is 1280 g/mol. The van der Waals surface area contributed by atoms with E-state index in [0.29, 0.717) is 31.4 Å². The van der Waals surface area contributed by atoms with Crippen molar-refractivity contribution in [3.05, 3.63) is 65.9 Å². The molecule has 3 aromatic rings. The van der Waals surface area contributed by atoms with E-state index in [1.54, 1.807) is 47.7 Å². The molecule has 11 atom stereocenters. The molecule has 30 heteroatoms. The molecule has 500 valence electrons. The Bertz CT molecular complexity index is 3230. The van der Waals surface area contributed by atoms with Crippen LogP contribution >= 0.6 is 0 Å². The molecule has 1 aromatic heterocycles. The van der Waals surface area contributed by atoms with Gasteiger partial charge in [-0.2, -0.15) is 0 Å².